The zero-order valence-electron chi connectivity index (χ0n) is 13.4. The Kier molecular flexibility index (Phi) is 6.37. The summed E-state index contributed by atoms with van der Waals surface area (Å²) in [5.41, 5.74) is 1.27. The van der Waals surface area contributed by atoms with Crippen molar-refractivity contribution in [3.63, 3.8) is 0 Å². The number of hydrogen-bond donors (Lipinski definition) is 1. The van der Waals surface area contributed by atoms with E-state index >= 15 is 0 Å². The van der Waals surface area contributed by atoms with Crippen LogP contribution in [0.5, 0.6) is 0 Å². The molecule has 1 N–H and O–H groups in total. The Hall–Kier alpha value is -0.950. The Morgan fingerprint density at radius 2 is 2.09 bits per heavy atom. The molecule has 5 nitrogen and oxygen atoms in total. The normalized spacial score (nSPS) is 21.6. The standard InChI is InChI=1S/C16H26N2O3S/c1-3-11-22(19,20)17-14(2)16-13-18(9-10-21-16)12-15-7-5-4-6-8-15/h4-8,14,16-17H,3,9-13H2,1-2H3/t14-,16+/m0/s1. The number of hydrogen-bond acceptors (Lipinski definition) is 4. The lowest BCUT2D eigenvalue weighted by Crippen LogP contribution is -2.52. The summed E-state index contributed by atoms with van der Waals surface area (Å²) in [6.45, 7) is 6.86. The van der Waals surface area contributed by atoms with Crippen molar-refractivity contribution in [2.24, 2.45) is 0 Å². The van der Waals surface area contributed by atoms with Crippen LogP contribution in [-0.2, 0) is 21.3 Å². The van der Waals surface area contributed by atoms with Crippen LogP contribution in [0.15, 0.2) is 30.3 Å². The van der Waals surface area contributed by atoms with E-state index in [1.807, 2.05) is 32.0 Å². The van der Waals surface area contributed by atoms with E-state index in [0.717, 1.165) is 19.6 Å². The molecule has 1 aromatic carbocycles. The van der Waals surface area contributed by atoms with Crippen molar-refractivity contribution in [3.05, 3.63) is 35.9 Å². The molecular formula is C16H26N2O3S. The van der Waals surface area contributed by atoms with Crippen molar-refractivity contribution in [2.45, 2.75) is 39.0 Å². The van der Waals surface area contributed by atoms with Crippen molar-refractivity contribution in [3.8, 4) is 0 Å². The van der Waals surface area contributed by atoms with Crippen LogP contribution in [0.25, 0.3) is 0 Å². The van der Waals surface area contributed by atoms with Gasteiger partial charge in [0.1, 0.15) is 0 Å². The molecule has 6 heteroatoms. The van der Waals surface area contributed by atoms with E-state index in [4.69, 9.17) is 4.74 Å². The molecule has 0 spiro atoms. The van der Waals surface area contributed by atoms with E-state index in [0.29, 0.717) is 13.0 Å². The largest absolute Gasteiger partial charge is 0.374 e. The monoisotopic (exact) mass is 326 g/mol. The molecule has 1 heterocycles. The summed E-state index contributed by atoms with van der Waals surface area (Å²) in [7, 11) is -3.21. The van der Waals surface area contributed by atoms with Gasteiger partial charge in [-0.15, -0.1) is 0 Å². The minimum atomic E-state index is -3.21. The van der Waals surface area contributed by atoms with Gasteiger partial charge in [0.05, 0.1) is 18.5 Å². The van der Waals surface area contributed by atoms with Gasteiger partial charge in [-0.05, 0) is 18.9 Å². The first-order valence-corrected chi connectivity index (χ1v) is 9.53. The van der Waals surface area contributed by atoms with Crippen LogP contribution >= 0.6 is 0 Å². The van der Waals surface area contributed by atoms with Gasteiger partial charge in [0.2, 0.25) is 10.0 Å². The molecule has 1 saturated heterocycles. The SMILES string of the molecule is CCCS(=O)(=O)N[C@@H](C)[C@H]1CN(Cc2ccccc2)CCO1. The summed E-state index contributed by atoms with van der Waals surface area (Å²) in [6.07, 6.45) is 0.511. The van der Waals surface area contributed by atoms with E-state index in [1.54, 1.807) is 0 Å². The van der Waals surface area contributed by atoms with Crippen LogP contribution in [0.3, 0.4) is 0 Å². The van der Waals surface area contributed by atoms with Crippen molar-refractivity contribution in [2.75, 3.05) is 25.4 Å². The molecule has 1 aliphatic heterocycles. The van der Waals surface area contributed by atoms with Gasteiger partial charge in [0.25, 0.3) is 0 Å². The third kappa shape index (κ3) is 5.35. The predicted molar refractivity (Wildman–Crippen MR) is 88.1 cm³/mol. The van der Waals surface area contributed by atoms with Gasteiger partial charge in [0, 0.05) is 25.7 Å². The summed E-state index contributed by atoms with van der Waals surface area (Å²) < 4.78 is 32.2. The molecule has 2 rings (SSSR count). The average molecular weight is 326 g/mol. The first-order chi connectivity index (χ1) is 10.5. The number of rotatable bonds is 7. The van der Waals surface area contributed by atoms with Gasteiger partial charge >= 0.3 is 0 Å². The smallest absolute Gasteiger partial charge is 0.211 e. The number of nitrogens with zero attached hydrogens (tertiary/aromatic N) is 1. The van der Waals surface area contributed by atoms with E-state index < -0.39 is 10.0 Å². The first kappa shape index (κ1) is 17.4. The Morgan fingerprint density at radius 3 is 2.77 bits per heavy atom. The summed E-state index contributed by atoms with van der Waals surface area (Å²) in [5.74, 6) is 0.164. The molecule has 2 atom stereocenters. The van der Waals surface area contributed by atoms with Gasteiger partial charge in [0.15, 0.2) is 0 Å². The molecule has 0 saturated carbocycles. The van der Waals surface area contributed by atoms with E-state index in [9.17, 15) is 8.42 Å². The van der Waals surface area contributed by atoms with E-state index in [2.05, 4.69) is 21.8 Å². The van der Waals surface area contributed by atoms with Crippen molar-refractivity contribution >= 4 is 10.0 Å². The number of morpholine rings is 1. The highest BCUT2D eigenvalue weighted by Gasteiger charge is 2.27. The quantitative estimate of drug-likeness (QED) is 0.827. The molecule has 0 bridgehead atoms. The molecule has 1 fully saturated rings. The van der Waals surface area contributed by atoms with Gasteiger partial charge in [-0.2, -0.15) is 0 Å². The Morgan fingerprint density at radius 1 is 1.36 bits per heavy atom. The highest BCUT2D eigenvalue weighted by molar-refractivity contribution is 7.89. The fraction of sp³-hybridized carbons (Fsp3) is 0.625. The van der Waals surface area contributed by atoms with Crippen LogP contribution in [0.2, 0.25) is 0 Å². The lowest BCUT2D eigenvalue weighted by molar-refractivity contribution is -0.0427. The van der Waals surface area contributed by atoms with Crippen molar-refractivity contribution in [1.82, 2.24) is 9.62 Å². The fourth-order valence-corrected chi connectivity index (χ4v) is 4.08. The predicted octanol–water partition coefficient (Wildman–Crippen LogP) is 1.61. The highest BCUT2D eigenvalue weighted by atomic mass is 32.2. The number of nitrogens with one attached hydrogen (secondary N) is 1. The Bertz CT molecular complexity index is 548. The molecule has 0 aliphatic carbocycles. The second-order valence-electron chi connectivity index (χ2n) is 5.86. The van der Waals surface area contributed by atoms with Crippen LogP contribution in [0.4, 0.5) is 0 Å². The molecule has 0 amide bonds. The average Bonchev–Trinajstić information content (AvgIpc) is 2.48. The van der Waals surface area contributed by atoms with Gasteiger partial charge in [-0.25, -0.2) is 13.1 Å². The molecule has 1 aromatic rings. The fourth-order valence-electron chi connectivity index (χ4n) is 2.71. The summed E-state index contributed by atoms with van der Waals surface area (Å²) >= 11 is 0. The zero-order valence-corrected chi connectivity index (χ0v) is 14.2. The first-order valence-electron chi connectivity index (χ1n) is 7.88. The Labute approximate surface area is 133 Å². The summed E-state index contributed by atoms with van der Waals surface area (Å²) in [4.78, 5) is 2.31. The molecule has 0 radical (unpaired) electrons. The van der Waals surface area contributed by atoms with Crippen LogP contribution in [-0.4, -0.2) is 50.9 Å². The minimum absolute atomic E-state index is 0.107. The minimum Gasteiger partial charge on any atom is -0.374 e. The third-order valence-electron chi connectivity index (χ3n) is 3.82. The van der Waals surface area contributed by atoms with E-state index in [-0.39, 0.29) is 17.9 Å². The second kappa shape index (κ2) is 8.06. The molecule has 0 unspecified atom stereocenters. The number of ether oxygens (including phenoxy) is 1. The maximum Gasteiger partial charge on any atom is 0.211 e. The molecule has 1 aliphatic rings. The lowest BCUT2D eigenvalue weighted by atomic mass is 10.1. The van der Waals surface area contributed by atoms with Crippen molar-refractivity contribution < 1.29 is 13.2 Å². The molecular weight excluding hydrogens is 300 g/mol. The van der Waals surface area contributed by atoms with E-state index in [1.165, 1.54) is 5.56 Å². The molecule has 124 valence electrons. The maximum atomic E-state index is 11.9. The van der Waals surface area contributed by atoms with Gasteiger partial charge in [-0.3, -0.25) is 4.90 Å². The molecule has 0 aromatic heterocycles. The highest BCUT2D eigenvalue weighted by Crippen LogP contribution is 2.13. The van der Waals surface area contributed by atoms with Crippen LogP contribution in [0, 0.1) is 0 Å². The maximum absolute atomic E-state index is 11.9. The lowest BCUT2D eigenvalue weighted by Gasteiger charge is -2.36. The van der Waals surface area contributed by atoms with Crippen LogP contribution < -0.4 is 4.72 Å². The molecule has 22 heavy (non-hydrogen) atoms. The summed E-state index contributed by atoms with van der Waals surface area (Å²) in [6, 6.07) is 10.1. The topological polar surface area (TPSA) is 58.6 Å². The van der Waals surface area contributed by atoms with Crippen molar-refractivity contribution in [1.29, 1.82) is 0 Å². The number of sulfonamides is 1. The second-order valence-corrected chi connectivity index (χ2v) is 7.73. The zero-order chi connectivity index (χ0) is 16.0. The number of benzene rings is 1. The Balaban J connectivity index is 1.90. The summed E-state index contributed by atoms with van der Waals surface area (Å²) in [5, 5.41) is 0. The third-order valence-corrected chi connectivity index (χ3v) is 5.50. The van der Waals surface area contributed by atoms with Gasteiger partial charge < -0.3 is 4.74 Å². The van der Waals surface area contributed by atoms with Crippen LogP contribution in [0.1, 0.15) is 25.8 Å². The van der Waals surface area contributed by atoms with Gasteiger partial charge in [-0.1, -0.05) is 37.3 Å².